The van der Waals surface area contributed by atoms with Crippen molar-refractivity contribution in [1.82, 2.24) is 4.98 Å². The number of hydrogen-bond acceptors (Lipinski definition) is 4. The zero-order valence-corrected chi connectivity index (χ0v) is 14.8. The molecule has 0 aliphatic rings. The van der Waals surface area contributed by atoms with E-state index in [2.05, 4.69) is 10.3 Å². The van der Waals surface area contributed by atoms with E-state index in [0.717, 1.165) is 10.6 Å². The topological polar surface area (TPSA) is 65.8 Å². The lowest BCUT2D eigenvalue weighted by molar-refractivity contribution is -0.112. The molecule has 3 rings (SSSR count). The molecule has 1 amide bonds. The van der Waals surface area contributed by atoms with Gasteiger partial charge in [-0.25, -0.2) is 9.37 Å². The van der Waals surface area contributed by atoms with Crippen LogP contribution in [0.4, 0.5) is 10.1 Å². The third-order valence-electron chi connectivity index (χ3n) is 3.39. The summed E-state index contributed by atoms with van der Waals surface area (Å²) in [6, 6.07) is 14.8. The predicted octanol–water partition coefficient (Wildman–Crippen LogP) is 5.15. The van der Waals surface area contributed by atoms with Crippen molar-refractivity contribution in [1.29, 1.82) is 5.26 Å². The molecule has 0 radical (unpaired) electrons. The van der Waals surface area contributed by atoms with Crippen LogP contribution in [0.2, 0.25) is 5.02 Å². The summed E-state index contributed by atoms with van der Waals surface area (Å²) in [6.45, 7) is 0. The smallest absolute Gasteiger partial charge is 0.266 e. The van der Waals surface area contributed by atoms with Crippen molar-refractivity contribution in [2.75, 3.05) is 5.32 Å². The molecule has 7 heteroatoms. The van der Waals surface area contributed by atoms with Crippen molar-refractivity contribution >= 4 is 40.6 Å². The summed E-state index contributed by atoms with van der Waals surface area (Å²) in [5.41, 5.74) is 1.20. The van der Waals surface area contributed by atoms with Crippen LogP contribution in [0.1, 0.15) is 5.69 Å². The number of aromatic nitrogens is 1. The second-order valence-corrected chi connectivity index (χ2v) is 6.48. The highest BCUT2D eigenvalue weighted by atomic mass is 35.5. The van der Waals surface area contributed by atoms with Gasteiger partial charge in [-0.15, -0.1) is 11.3 Å². The summed E-state index contributed by atoms with van der Waals surface area (Å²) in [6.07, 6.45) is 1.37. The quantitative estimate of drug-likeness (QED) is 0.500. The van der Waals surface area contributed by atoms with Crippen LogP contribution in [0, 0.1) is 17.1 Å². The Morgan fingerprint density at radius 1 is 1.23 bits per heavy atom. The molecule has 2 aromatic carbocycles. The van der Waals surface area contributed by atoms with Gasteiger partial charge in [0.2, 0.25) is 0 Å². The number of para-hydroxylation sites is 1. The van der Waals surface area contributed by atoms with Gasteiger partial charge in [-0.3, -0.25) is 4.79 Å². The minimum atomic E-state index is -0.696. The summed E-state index contributed by atoms with van der Waals surface area (Å²) >= 11 is 7.25. The number of nitriles is 1. The number of thiazole rings is 1. The lowest BCUT2D eigenvalue weighted by Crippen LogP contribution is -2.14. The largest absolute Gasteiger partial charge is 0.319 e. The molecular formula is C19H11ClFN3OS. The molecule has 3 aromatic rings. The molecule has 0 unspecified atom stereocenters. The Morgan fingerprint density at radius 2 is 1.96 bits per heavy atom. The predicted molar refractivity (Wildman–Crippen MR) is 101 cm³/mol. The average molecular weight is 384 g/mol. The average Bonchev–Trinajstić information content (AvgIpc) is 3.10. The lowest BCUT2D eigenvalue weighted by Gasteiger charge is -2.04. The highest BCUT2D eigenvalue weighted by Gasteiger charge is 2.13. The van der Waals surface area contributed by atoms with E-state index in [1.807, 2.05) is 18.2 Å². The zero-order chi connectivity index (χ0) is 18.5. The van der Waals surface area contributed by atoms with E-state index in [9.17, 15) is 14.4 Å². The van der Waals surface area contributed by atoms with Crippen LogP contribution in [0.25, 0.3) is 16.6 Å². The molecule has 0 spiro atoms. The van der Waals surface area contributed by atoms with Gasteiger partial charge in [0.1, 0.15) is 22.5 Å². The van der Waals surface area contributed by atoms with Crippen LogP contribution < -0.4 is 5.32 Å². The Balaban J connectivity index is 1.81. The maximum absolute atomic E-state index is 13.6. The maximum Gasteiger partial charge on any atom is 0.266 e. The number of carbonyl (C=O) groups excluding carboxylic acids is 1. The number of halogens is 2. The molecule has 1 N–H and O–H groups in total. The molecule has 0 bridgehead atoms. The van der Waals surface area contributed by atoms with E-state index < -0.39 is 11.7 Å². The van der Waals surface area contributed by atoms with Gasteiger partial charge in [-0.2, -0.15) is 5.26 Å². The highest BCUT2D eigenvalue weighted by Crippen LogP contribution is 2.26. The Bertz CT molecular complexity index is 1020. The van der Waals surface area contributed by atoms with E-state index in [1.165, 1.54) is 35.6 Å². The molecule has 0 saturated carbocycles. The fourth-order valence-electron chi connectivity index (χ4n) is 2.13. The molecule has 0 atom stereocenters. The number of nitrogens with zero attached hydrogens (tertiary/aromatic N) is 2. The van der Waals surface area contributed by atoms with Gasteiger partial charge in [-0.1, -0.05) is 35.9 Å². The van der Waals surface area contributed by atoms with Gasteiger partial charge in [0, 0.05) is 16.0 Å². The molecule has 1 heterocycles. The highest BCUT2D eigenvalue weighted by molar-refractivity contribution is 7.13. The lowest BCUT2D eigenvalue weighted by atomic mass is 10.2. The Hall–Kier alpha value is -3.01. The first-order valence-electron chi connectivity index (χ1n) is 7.46. The molecule has 0 saturated heterocycles. The van der Waals surface area contributed by atoms with Gasteiger partial charge in [0.05, 0.1) is 11.4 Å². The number of anilines is 1. The first kappa shape index (κ1) is 17.8. The minimum absolute atomic E-state index is 0.0128. The SMILES string of the molecule is N#C/C(=C\c1csc(-c2ccc(Cl)cc2)n1)C(=O)Nc1ccccc1F. The molecule has 1 aromatic heterocycles. The van der Waals surface area contributed by atoms with E-state index in [1.54, 1.807) is 23.6 Å². The summed E-state index contributed by atoms with van der Waals surface area (Å²) in [7, 11) is 0. The van der Waals surface area contributed by atoms with E-state index in [0.29, 0.717) is 10.7 Å². The number of benzene rings is 2. The zero-order valence-electron chi connectivity index (χ0n) is 13.2. The molecule has 0 fully saturated rings. The van der Waals surface area contributed by atoms with Crippen LogP contribution in [0.5, 0.6) is 0 Å². The summed E-state index contributed by atoms with van der Waals surface area (Å²) in [4.78, 5) is 16.6. The summed E-state index contributed by atoms with van der Waals surface area (Å²) < 4.78 is 13.6. The van der Waals surface area contributed by atoms with Crippen molar-refractivity contribution in [3.8, 4) is 16.6 Å². The van der Waals surface area contributed by atoms with Crippen LogP contribution in [-0.4, -0.2) is 10.9 Å². The molecule has 26 heavy (non-hydrogen) atoms. The van der Waals surface area contributed by atoms with Crippen LogP contribution in [0.3, 0.4) is 0 Å². The van der Waals surface area contributed by atoms with Crippen molar-refractivity contribution in [3.63, 3.8) is 0 Å². The molecule has 128 valence electrons. The van der Waals surface area contributed by atoms with Crippen LogP contribution >= 0.6 is 22.9 Å². The summed E-state index contributed by atoms with van der Waals surface area (Å²) in [5.74, 6) is -1.27. The second kappa shape index (κ2) is 7.91. The van der Waals surface area contributed by atoms with Gasteiger partial charge in [-0.05, 0) is 30.3 Å². The minimum Gasteiger partial charge on any atom is -0.319 e. The first-order chi connectivity index (χ1) is 12.6. The molecule has 4 nitrogen and oxygen atoms in total. The Labute approximate surface area is 158 Å². The second-order valence-electron chi connectivity index (χ2n) is 5.19. The van der Waals surface area contributed by atoms with E-state index in [-0.39, 0.29) is 11.3 Å². The van der Waals surface area contributed by atoms with Crippen molar-refractivity contribution in [2.24, 2.45) is 0 Å². The van der Waals surface area contributed by atoms with Gasteiger partial charge in [0.25, 0.3) is 5.91 Å². The standard InChI is InChI=1S/C19H11ClFN3OS/c20-14-7-5-12(6-8-14)19-23-15(11-26-19)9-13(10-22)18(25)24-17-4-2-1-3-16(17)21/h1-9,11H,(H,24,25)/b13-9+. The third kappa shape index (κ3) is 4.14. The first-order valence-corrected chi connectivity index (χ1v) is 8.72. The normalized spacial score (nSPS) is 11.0. The molecule has 0 aliphatic carbocycles. The van der Waals surface area contributed by atoms with Gasteiger partial charge < -0.3 is 5.32 Å². The van der Waals surface area contributed by atoms with Gasteiger partial charge >= 0.3 is 0 Å². The number of carbonyl (C=O) groups is 1. The fourth-order valence-corrected chi connectivity index (χ4v) is 3.04. The Morgan fingerprint density at radius 3 is 2.65 bits per heavy atom. The fraction of sp³-hybridized carbons (Fsp3) is 0. The van der Waals surface area contributed by atoms with Gasteiger partial charge in [0.15, 0.2) is 0 Å². The van der Waals surface area contributed by atoms with E-state index >= 15 is 0 Å². The molecule has 0 aliphatic heterocycles. The number of hydrogen-bond donors (Lipinski definition) is 1. The number of amides is 1. The molecular weight excluding hydrogens is 373 g/mol. The van der Waals surface area contributed by atoms with E-state index in [4.69, 9.17) is 11.6 Å². The van der Waals surface area contributed by atoms with Crippen LogP contribution in [-0.2, 0) is 4.79 Å². The Kier molecular flexibility index (Phi) is 5.42. The van der Waals surface area contributed by atoms with Crippen LogP contribution in [0.15, 0.2) is 59.5 Å². The van der Waals surface area contributed by atoms with Crippen molar-refractivity contribution in [3.05, 3.63) is 76.0 Å². The maximum atomic E-state index is 13.6. The third-order valence-corrected chi connectivity index (χ3v) is 4.55. The van der Waals surface area contributed by atoms with Crippen molar-refractivity contribution < 1.29 is 9.18 Å². The monoisotopic (exact) mass is 383 g/mol. The number of rotatable bonds is 4. The van der Waals surface area contributed by atoms with Crippen molar-refractivity contribution in [2.45, 2.75) is 0 Å². The summed E-state index contributed by atoms with van der Waals surface area (Å²) in [5, 5.41) is 14.7. The number of nitrogens with one attached hydrogen (secondary N) is 1.